The zero-order valence-corrected chi connectivity index (χ0v) is 13.8. The van der Waals surface area contributed by atoms with E-state index in [1.54, 1.807) is 6.92 Å². The first kappa shape index (κ1) is 17.1. The first-order valence-corrected chi connectivity index (χ1v) is 7.94. The van der Waals surface area contributed by atoms with Crippen LogP contribution in [0.5, 0.6) is 0 Å². The van der Waals surface area contributed by atoms with Gasteiger partial charge >= 0.3 is 6.18 Å². The van der Waals surface area contributed by atoms with Crippen LogP contribution >= 0.6 is 0 Å². The Bertz CT molecular complexity index is 1120. The number of anilines is 1. The van der Waals surface area contributed by atoms with Gasteiger partial charge in [0.25, 0.3) is 5.56 Å². The highest BCUT2D eigenvalue weighted by Crippen LogP contribution is 2.29. The number of carbonyl (C=O) groups is 1. The number of aryl methyl sites for hydroxylation is 1. The van der Waals surface area contributed by atoms with Gasteiger partial charge in [-0.15, -0.1) is 0 Å². The van der Waals surface area contributed by atoms with E-state index in [2.05, 4.69) is 30.4 Å². The van der Waals surface area contributed by atoms with Crippen molar-refractivity contribution in [3.05, 3.63) is 34.1 Å². The summed E-state index contributed by atoms with van der Waals surface area (Å²) in [6, 6.07) is 0. The molecule has 0 bridgehead atoms. The molecule has 27 heavy (non-hydrogen) atoms. The van der Waals surface area contributed by atoms with Crippen LogP contribution in [0.4, 0.5) is 19.0 Å². The summed E-state index contributed by atoms with van der Waals surface area (Å²) in [5.41, 5.74) is 0.0660. The lowest BCUT2D eigenvalue weighted by atomic mass is 10.1. The second-order valence-electron chi connectivity index (χ2n) is 6.10. The number of carbonyl (C=O) groups excluding carboxylic acids is 1. The SMILES string of the molecule is CC1C(=O)Nc2nc(-c3cn4ncnc4c(CCC(F)(F)F)n3)[nH]c(=O)c21. The molecule has 0 aliphatic carbocycles. The van der Waals surface area contributed by atoms with E-state index in [4.69, 9.17) is 0 Å². The van der Waals surface area contributed by atoms with Crippen molar-refractivity contribution in [2.45, 2.75) is 31.9 Å². The number of aromatic nitrogens is 6. The van der Waals surface area contributed by atoms with Crippen LogP contribution in [0.25, 0.3) is 17.2 Å². The number of nitrogens with zero attached hydrogens (tertiary/aromatic N) is 5. The summed E-state index contributed by atoms with van der Waals surface area (Å²) in [4.78, 5) is 38.9. The third-order valence-corrected chi connectivity index (χ3v) is 4.24. The Balaban J connectivity index is 1.81. The fraction of sp³-hybridized carbons (Fsp3) is 0.333. The zero-order valence-electron chi connectivity index (χ0n) is 13.8. The fourth-order valence-electron chi connectivity index (χ4n) is 2.89. The Morgan fingerprint density at radius 2 is 2.04 bits per heavy atom. The number of alkyl halides is 3. The van der Waals surface area contributed by atoms with Crippen molar-refractivity contribution in [3.8, 4) is 11.5 Å². The third kappa shape index (κ3) is 3.02. The Morgan fingerprint density at radius 3 is 2.78 bits per heavy atom. The maximum Gasteiger partial charge on any atom is 0.389 e. The monoisotopic (exact) mass is 379 g/mol. The standard InChI is InChI=1S/C15H12F3N7O2/c1-6-9-11(24-13(6)26)22-10(23-14(9)27)8-4-25-12(19-5-20-25)7(21-8)2-3-15(16,17)18/h4-6H,2-3H2,1H3,(H2,22,23,24,26,27). The zero-order chi connectivity index (χ0) is 19.3. The van der Waals surface area contributed by atoms with Gasteiger partial charge < -0.3 is 10.3 Å². The quantitative estimate of drug-likeness (QED) is 0.711. The molecular weight excluding hydrogens is 367 g/mol. The van der Waals surface area contributed by atoms with Gasteiger partial charge in [-0.3, -0.25) is 9.59 Å². The van der Waals surface area contributed by atoms with Crippen LogP contribution in [0, 0.1) is 0 Å². The van der Waals surface area contributed by atoms with Gasteiger partial charge in [-0.2, -0.15) is 18.3 Å². The topological polar surface area (TPSA) is 118 Å². The van der Waals surface area contributed by atoms with Crippen LogP contribution in [0.3, 0.4) is 0 Å². The van der Waals surface area contributed by atoms with E-state index in [1.165, 1.54) is 17.0 Å². The van der Waals surface area contributed by atoms with Crippen LogP contribution in [0.15, 0.2) is 17.3 Å². The second kappa shape index (κ2) is 5.86. The summed E-state index contributed by atoms with van der Waals surface area (Å²) >= 11 is 0. The van der Waals surface area contributed by atoms with E-state index in [9.17, 15) is 22.8 Å². The molecule has 0 aromatic carbocycles. The van der Waals surface area contributed by atoms with E-state index >= 15 is 0 Å². The number of hydrogen-bond acceptors (Lipinski definition) is 6. The number of hydrogen-bond donors (Lipinski definition) is 2. The van der Waals surface area contributed by atoms with E-state index in [1.807, 2.05) is 0 Å². The Kier molecular flexibility index (Phi) is 3.71. The summed E-state index contributed by atoms with van der Waals surface area (Å²) < 4.78 is 39.1. The molecule has 1 aliphatic heterocycles. The Morgan fingerprint density at radius 1 is 1.26 bits per heavy atom. The molecule has 3 aromatic heterocycles. The van der Waals surface area contributed by atoms with Crippen molar-refractivity contribution in [2.24, 2.45) is 0 Å². The molecule has 140 valence electrons. The molecule has 4 rings (SSSR count). The highest BCUT2D eigenvalue weighted by atomic mass is 19.4. The van der Waals surface area contributed by atoms with Crippen LogP contribution < -0.4 is 10.9 Å². The first-order chi connectivity index (χ1) is 12.7. The van der Waals surface area contributed by atoms with Gasteiger partial charge in [-0.1, -0.05) is 0 Å². The number of halogens is 3. The average Bonchev–Trinajstić information content (AvgIpc) is 3.16. The maximum absolute atomic E-state index is 12.6. The largest absolute Gasteiger partial charge is 0.389 e. The van der Waals surface area contributed by atoms with Crippen molar-refractivity contribution >= 4 is 17.4 Å². The Labute approximate surface area is 148 Å². The predicted molar refractivity (Wildman–Crippen MR) is 86.1 cm³/mol. The summed E-state index contributed by atoms with van der Waals surface area (Å²) in [5.74, 6) is -0.869. The lowest BCUT2D eigenvalue weighted by Gasteiger charge is -2.09. The summed E-state index contributed by atoms with van der Waals surface area (Å²) in [7, 11) is 0. The number of amides is 1. The van der Waals surface area contributed by atoms with Gasteiger partial charge in [-0.05, 0) is 6.92 Å². The van der Waals surface area contributed by atoms with Crippen molar-refractivity contribution in [1.82, 2.24) is 29.5 Å². The first-order valence-electron chi connectivity index (χ1n) is 7.94. The third-order valence-electron chi connectivity index (χ3n) is 4.24. The molecule has 9 nitrogen and oxygen atoms in total. The molecule has 0 radical (unpaired) electrons. The van der Waals surface area contributed by atoms with Crippen LogP contribution in [0.2, 0.25) is 0 Å². The lowest BCUT2D eigenvalue weighted by Crippen LogP contribution is -2.17. The number of nitrogens with one attached hydrogen (secondary N) is 2. The molecule has 1 unspecified atom stereocenters. The molecule has 0 fully saturated rings. The molecule has 1 aliphatic rings. The number of rotatable bonds is 3. The maximum atomic E-state index is 12.6. The molecule has 1 amide bonds. The average molecular weight is 379 g/mol. The van der Waals surface area contributed by atoms with Crippen LogP contribution in [-0.2, 0) is 11.2 Å². The molecule has 12 heteroatoms. The minimum Gasteiger partial charge on any atom is -0.310 e. The van der Waals surface area contributed by atoms with E-state index < -0.39 is 30.5 Å². The smallest absolute Gasteiger partial charge is 0.310 e. The van der Waals surface area contributed by atoms with Crippen molar-refractivity contribution in [3.63, 3.8) is 0 Å². The highest BCUT2D eigenvalue weighted by Gasteiger charge is 2.32. The summed E-state index contributed by atoms with van der Waals surface area (Å²) in [6.07, 6.45) is -3.24. The van der Waals surface area contributed by atoms with Gasteiger partial charge in [-0.25, -0.2) is 19.5 Å². The summed E-state index contributed by atoms with van der Waals surface area (Å²) in [6.45, 7) is 1.58. The predicted octanol–water partition coefficient (Wildman–Crippen LogP) is 1.43. The number of H-pyrrole nitrogens is 1. The van der Waals surface area contributed by atoms with Gasteiger partial charge in [0, 0.05) is 12.8 Å². The van der Waals surface area contributed by atoms with Crippen LogP contribution in [-0.4, -0.2) is 41.6 Å². The van der Waals surface area contributed by atoms with Gasteiger partial charge in [0.2, 0.25) is 5.91 Å². The summed E-state index contributed by atoms with van der Waals surface area (Å²) in [5, 5.41) is 6.43. The molecular formula is C15H12F3N7O2. The van der Waals surface area contributed by atoms with E-state index in [-0.39, 0.29) is 40.1 Å². The minimum absolute atomic E-state index is 0.0128. The van der Waals surface area contributed by atoms with Crippen molar-refractivity contribution in [1.29, 1.82) is 0 Å². The van der Waals surface area contributed by atoms with Gasteiger partial charge in [0.15, 0.2) is 11.5 Å². The fourth-order valence-corrected chi connectivity index (χ4v) is 2.89. The lowest BCUT2D eigenvalue weighted by molar-refractivity contribution is -0.134. The second-order valence-corrected chi connectivity index (χ2v) is 6.10. The van der Waals surface area contributed by atoms with Gasteiger partial charge in [0.1, 0.15) is 17.8 Å². The van der Waals surface area contributed by atoms with Crippen molar-refractivity contribution < 1.29 is 18.0 Å². The van der Waals surface area contributed by atoms with Gasteiger partial charge in [0.05, 0.1) is 23.4 Å². The van der Waals surface area contributed by atoms with Crippen molar-refractivity contribution in [2.75, 3.05) is 5.32 Å². The molecule has 1 atom stereocenters. The molecule has 4 heterocycles. The Hall–Kier alpha value is -3.31. The molecule has 0 saturated carbocycles. The molecule has 0 spiro atoms. The van der Waals surface area contributed by atoms with E-state index in [0.29, 0.717) is 0 Å². The molecule has 0 saturated heterocycles. The molecule has 3 aromatic rings. The van der Waals surface area contributed by atoms with E-state index in [0.717, 1.165) is 0 Å². The highest BCUT2D eigenvalue weighted by molar-refractivity contribution is 6.01. The normalized spacial score (nSPS) is 16.6. The number of fused-ring (bicyclic) bond motifs is 2. The molecule has 2 N–H and O–H groups in total. The minimum atomic E-state index is -4.35. The number of aromatic amines is 1. The van der Waals surface area contributed by atoms with Crippen LogP contribution in [0.1, 0.15) is 30.5 Å².